The molecule has 134 valence electrons. The number of halogens is 1. The fourth-order valence-corrected chi connectivity index (χ4v) is 4.11. The monoisotopic (exact) mass is 343 g/mol. The Morgan fingerprint density at radius 3 is 2.60 bits per heavy atom. The molecule has 0 bridgehead atoms. The second-order valence-corrected chi connectivity index (χ2v) is 7.84. The predicted molar refractivity (Wildman–Crippen MR) is 95.8 cm³/mol. The largest absolute Gasteiger partial charge is 0.402 e. The van der Waals surface area contributed by atoms with Crippen molar-refractivity contribution in [3.05, 3.63) is 35.1 Å². The van der Waals surface area contributed by atoms with Crippen LogP contribution in [0.1, 0.15) is 44.9 Å². The van der Waals surface area contributed by atoms with E-state index >= 15 is 0 Å². The van der Waals surface area contributed by atoms with Crippen LogP contribution in [0.3, 0.4) is 0 Å². The number of allylic oxidation sites excluding steroid dienone is 4. The summed E-state index contributed by atoms with van der Waals surface area (Å²) in [5.74, 6) is -0.284. The van der Waals surface area contributed by atoms with E-state index in [4.69, 9.17) is 11.1 Å². The van der Waals surface area contributed by atoms with Gasteiger partial charge in [0.25, 0.3) is 0 Å². The van der Waals surface area contributed by atoms with Gasteiger partial charge in [-0.05, 0) is 68.1 Å². The van der Waals surface area contributed by atoms with E-state index in [1.54, 1.807) is 12.2 Å². The van der Waals surface area contributed by atoms with Gasteiger partial charge >= 0.3 is 0 Å². The first-order valence-corrected chi connectivity index (χ1v) is 9.42. The molecule has 4 rings (SSSR count). The number of nitrogens with zero attached hydrogens (tertiary/aromatic N) is 1. The highest BCUT2D eigenvalue weighted by atomic mass is 19.1. The molecule has 3 atom stereocenters. The summed E-state index contributed by atoms with van der Waals surface area (Å²) in [5, 5.41) is 7.54. The fourth-order valence-electron chi connectivity index (χ4n) is 4.11. The smallest absolute Gasteiger partial charge is 0.233 e. The number of alkyl halides is 1. The summed E-state index contributed by atoms with van der Waals surface area (Å²) in [6.45, 7) is 0. The normalized spacial score (nSPS) is 32.4. The lowest BCUT2D eigenvalue weighted by Gasteiger charge is -2.37. The Morgan fingerprint density at radius 2 is 2.00 bits per heavy atom. The maximum atomic E-state index is 14.7. The molecule has 2 saturated carbocycles. The third kappa shape index (κ3) is 3.29. The average Bonchev–Trinajstić information content (AvgIpc) is 3.48. The summed E-state index contributed by atoms with van der Waals surface area (Å²) in [4.78, 5) is 15.1. The molecule has 0 spiro atoms. The minimum absolute atomic E-state index is 0.0401. The Kier molecular flexibility index (Phi) is 4.26. The Balaban J connectivity index is 1.51. The number of carbonyl (C=O) groups excluding carboxylic acids is 1. The van der Waals surface area contributed by atoms with E-state index in [0.29, 0.717) is 18.8 Å². The molecule has 4 aliphatic carbocycles. The summed E-state index contributed by atoms with van der Waals surface area (Å²) in [6.07, 6.45) is 11.9. The molecule has 0 aliphatic heterocycles. The van der Waals surface area contributed by atoms with Crippen LogP contribution in [0.15, 0.2) is 35.1 Å². The van der Waals surface area contributed by atoms with Crippen LogP contribution in [0.25, 0.3) is 0 Å². The van der Waals surface area contributed by atoms with Crippen LogP contribution in [0.5, 0.6) is 0 Å². The first kappa shape index (κ1) is 16.6. The lowest BCUT2D eigenvalue weighted by atomic mass is 9.88. The van der Waals surface area contributed by atoms with E-state index in [1.165, 1.54) is 6.21 Å². The van der Waals surface area contributed by atoms with Gasteiger partial charge in [-0.25, -0.2) is 4.39 Å². The van der Waals surface area contributed by atoms with Gasteiger partial charge in [0.15, 0.2) is 0 Å². The van der Waals surface area contributed by atoms with Crippen LogP contribution in [-0.4, -0.2) is 35.3 Å². The summed E-state index contributed by atoms with van der Waals surface area (Å²) in [7, 11) is 0. The van der Waals surface area contributed by atoms with E-state index in [0.717, 1.165) is 48.9 Å². The zero-order valence-corrected chi connectivity index (χ0v) is 14.5. The molecule has 0 aromatic carbocycles. The highest BCUT2D eigenvalue weighted by molar-refractivity contribution is 5.84. The van der Waals surface area contributed by atoms with E-state index < -0.39 is 12.1 Å². The minimum Gasteiger partial charge on any atom is -0.402 e. The lowest BCUT2D eigenvalue weighted by Crippen LogP contribution is -2.48. The van der Waals surface area contributed by atoms with Crippen LogP contribution < -0.4 is 5.73 Å². The molecule has 0 radical (unpaired) electrons. The van der Waals surface area contributed by atoms with Crippen molar-refractivity contribution in [3.8, 4) is 0 Å². The summed E-state index contributed by atoms with van der Waals surface area (Å²) >= 11 is 0. The van der Waals surface area contributed by atoms with Gasteiger partial charge in [-0.15, -0.1) is 0 Å². The van der Waals surface area contributed by atoms with Crippen LogP contribution in [0.2, 0.25) is 0 Å². The summed E-state index contributed by atoms with van der Waals surface area (Å²) in [5.41, 5.74) is 8.62. The highest BCUT2D eigenvalue weighted by Gasteiger charge is 2.43. The maximum Gasteiger partial charge on any atom is 0.233 e. The molecule has 2 fully saturated rings. The molecule has 3 unspecified atom stereocenters. The molecule has 0 aromatic heterocycles. The second-order valence-electron chi connectivity index (χ2n) is 7.84. The summed E-state index contributed by atoms with van der Waals surface area (Å²) < 4.78 is 14.7. The molecule has 5 heteroatoms. The van der Waals surface area contributed by atoms with Crippen LogP contribution in [-0.2, 0) is 4.79 Å². The predicted octanol–water partition coefficient (Wildman–Crippen LogP) is 3.25. The SMILES string of the molecule is N=CC1=C(N)CCC(N(C(=O)C2C=CC(C3CC3)=CC2F)C2CC2)C1. The quantitative estimate of drug-likeness (QED) is 0.752. The average molecular weight is 343 g/mol. The molecule has 3 N–H and O–H groups in total. The molecule has 0 heterocycles. The topological polar surface area (TPSA) is 70.2 Å². The first-order chi connectivity index (χ1) is 12.1. The van der Waals surface area contributed by atoms with Gasteiger partial charge in [-0.3, -0.25) is 4.79 Å². The van der Waals surface area contributed by atoms with Crippen molar-refractivity contribution in [3.63, 3.8) is 0 Å². The van der Waals surface area contributed by atoms with Crippen LogP contribution >= 0.6 is 0 Å². The van der Waals surface area contributed by atoms with E-state index in [1.807, 2.05) is 11.0 Å². The number of rotatable bonds is 5. The van der Waals surface area contributed by atoms with Gasteiger partial charge in [0.05, 0.1) is 5.92 Å². The van der Waals surface area contributed by atoms with Gasteiger partial charge in [-0.2, -0.15) is 0 Å². The Labute approximate surface area is 148 Å². The zero-order valence-electron chi connectivity index (χ0n) is 14.5. The number of nitrogens with two attached hydrogens (primary N) is 1. The van der Waals surface area contributed by atoms with Gasteiger partial charge in [0.2, 0.25) is 5.91 Å². The number of hydrogen-bond acceptors (Lipinski definition) is 3. The van der Waals surface area contributed by atoms with Gasteiger partial charge in [0.1, 0.15) is 6.17 Å². The lowest BCUT2D eigenvalue weighted by molar-refractivity contribution is -0.138. The Morgan fingerprint density at radius 1 is 1.24 bits per heavy atom. The first-order valence-electron chi connectivity index (χ1n) is 9.42. The van der Waals surface area contributed by atoms with Crippen molar-refractivity contribution >= 4 is 12.1 Å². The fraction of sp³-hybridized carbons (Fsp3) is 0.600. The van der Waals surface area contributed by atoms with Crippen molar-refractivity contribution < 1.29 is 9.18 Å². The molecule has 4 nitrogen and oxygen atoms in total. The molecular formula is C20H26FN3O. The van der Waals surface area contributed by atoms with Crippen molar-refractivity contribution in [2.24, 2.45) is 17.6 Å². The van der Waals surface area contributed by atoms with Crippen molar-refractivity contribution in [2.75, 3.05) is 0 Å². The third-order valence-corrected chi connectivity index (χ3v) is 5.90. The van der Waals surface area contributed by atoms with E-state index in [-0.39, 0.29) is 18.0 Å². The minimum atomic E-state index is -1.22. The maximum absolute atomic E-state index is 14.7. The van der Waals surface area contributed by atoms with Gasteiger partial charge < -0.3 is 16.0 Å². The molecular weight excluding hydrogens is 317 g/mol. The second kappa shape index (κ2) is 6.43. The number of hydrogen-bond donors (Lipinski definition) is 2. The van der Waals surface area contributed by atoms with Crippen molar-refractivity contribution in [1.82, 2.24) is 4.90 Å². The molecule has 4 aliphatic rings. The van der Waals surface area contributed by atoms with E-state index in [9.17, 15) is 9.18 Å². The van der Waals surface area contributed by atoms with Crippen molar-refractivity contribution in [1.29, 1.82) is 5.41 Å². The number of nitrogens with one attached hydrogen (secondary N) is 1. The summed E-state index contributed by atoms with van der Waals surface area (Å²) in [6, 6.07) is 0.275. The standard InChI is InChI=1S/C20H26FN3O/c21-18-10-13(12-1-2-12)3-7-17(18)20(25)24(15-4-5-15)16-6-8-19(23)14(9-16)11-22/h3,7,10-12,15-18,22H,1-2,4-6,8-9,23H2. The van der Waals surface area contributed by atoms with E-state index in [2.05, 4.69) is 0 Å². The Bertz CT molecular complexity index is 672. The van der Waals surface area contributed by atoms with Crippen LogP contribution in [0.4, 0.5) is 4.39 Å². The Hall–Kier alpha value is -1.91. The highest BCUT2D eigenvalue weighted by Crippen LogP contribution is 2.41. The number of carbonyl (C=O) groups is 1. The molecule has 0 saturated heterocycles. The molecule has 0 aromatic rings. The van der Waals surface area contributed by atoms with Gasteiger partial charge in [0, 0.05) is 24.0 Å². The zero-order chi connectivity index (χ0) is 17.6. The third-order valence-electron chi connectivity index (χ3n) is 5.90. The van der Waals surface area contributed by atoms with Crippen LogP contribution in [0, 0.1) is 17.2 Å². The number of amides is 1. The molecule has 1 amide bonds. The molecule has 25 heavy (non-hydrogen) atoms. The van der Waals surface area contributed by atoms with Crippen molar-refractivity contribution in [2.45, 2.75) is 63.2 Å². The van der Waals surface area contributed by atoms with Gasteiger partial charge in [-0.1, -0.05) is 12.2 Å².